The molecule has 0 radical (unpaired) electrons. The van der Waals surface area contributed by atoms with Crippen molar-refractivity contribution < 1.29 is 21.6 Å². The molecule has 0 N–H and O–H groups in total. The number of Topliss-reactive ketones (excluding diaryl/α,β-unsaturated/α-hetero) is 1. The highest BCUT2D eigenvalue weighted by molar-refractivity contribution is 7.93. The van der Waals surface area contributed by atoms with Crippen molar-refractivity contribution in [1.29, 1.82) is 0 Å². The summed E-state index contributed by atoms with van der Waals surface area (Å²) in [6, 6.07) is 13.6. The molecule has 9 heteroatoms. The van der Waals surface area contributed by atoms with Crippen LogP contribution in [0.3, 0.4) is 0 Å². The molecule has 0 spiro atoms. The van der Waals surface area contributed by atoms with Crippen molar-refractivity contribution in [3.05, 3.63) is 70.1 Å². The van der Waals surface area contributed by atoms with Crippen LogP contribution in [0.25, 0.3) is 6.08 Å². The number of fused-ring (bicyclic) bond motifs is 1. The van der Waals surface area contributed by atoms with E-state index >= 15 is 0 Å². The monoisotopic (exact) mass is 460 g/mol. The first-order valence-electron chi connectivity index (χ1n) is 10.1. The molecule has 2 aromatic carbocycles. The molecule has 0 aromatic heterocycles. The number of piperazine rings is 1. The third kappa shape index (κ3) is 4.23. The van der Waals surface area contributed by atoms with Crippen molar-refractivity contribution in [2.75, 3.05) is 26.2 Å². The van der Waals surface area contributed by atoms with Crippen molar-refractivity contribution in [3.63, 3.8) is 0 Å². The van der Waals surface area contributed by atoms with E-state index in [-0.39, 0.29) is 36.9 Å². The van der Waals surface area contributed by atoms with Gasteiger partial charge in [0.05, 0.1) is 9.80 Å². The SMILES string of the molecule is CC(=O)c1ccc(S(=O)(=O)N2CCN(S(=O)(=O)C3=Cc4ccccc4CC3)CC2)cc1. The van der Waals surface area contributed by atoms with Crippen LogP contribution in [-0.2, 0) is 26.5 Å². The standard InChI is InChI=1S/C22H24N2O5S2/c1-17(25)18-6-9-21(10-7-18)30(26,27)23-12-14-24(15-13-23)31(28,29)22-11-8-19-4-2-3-5-20(19)16-22/h2-7,9-10,16H,8,11-15H2,1H3. The second-order valence-electron chi connectivity index (χ2n) is 7.70. The highest BCUT2D eigenvalue weighted by Crippen LogP contribution is 2.30. The molecule has 2 aliphatic rings. The van der Waals surface area contributed by atoms with Gasteiger partial charge in [-0.2, -0.15) is 8.61 Å². The fourth-order valence-corrected chi connectivity index (χ4v) is 6.97. The summed E-state index contributed by atoms with van der Waals surface area (Å²) in [4.78, 5) is 11.9. The average Bonchev–Trinajstić information content (AvgIpc) is 2.79. The molecule has 1 aliphatic carbocycles. The van der Waals surface area contributed by atoms with E-state index in [9.17, 15) is 21.6 Å². The number of nitrogens with zero attached hydrogens (tertiary/aromatic N) is 2. The van der Waals surface area contributed by atoms with Gasteiger partial charge in [-0.1, -0.05) is 36.4 Å². The molecule has 0 bridgehead atoms. The predicted octanol–water partition coefficient (Wildman–Crippen LogP) is 2.51. The van der Waals surface area contributed by atoms with Gasteiger partial charge in [0, 0.05) is 31.7 Å². The zero-order valence-electron chi connectivity index (χ0n) is 17.2. The first-order valence-corrected chi connectivity index (χ1v) is 13.0. The summed E-state index contributed by atoms with van der Waals surface area (Å²) in [6.07, 6.45) is 2.85. The van der Waals surface area contributed by atoms with Crippen LogP contribution >= 0.6 is 0 Å². The second-order valence-corrected chi connectivity index (χ2v) is 11.6. The van der Waals surface area contributed by atoms with Gasteiger partial charge in [0.25, 0.3) is 0 Å². The van der Waals surface area contributed by atoms with Gasteiger partial charge >= 0.3 is 0 Å². The maximum Gasteiger partial charge on any atom is 0.243 e. The zero-order valence-corrected chi connectivity index (χ0v) is 18.8. The molecule has 7 nitrogen and oxygen atoms in total. The molecular weight excluding hydrogens is 436 g/mol. The van der Waals surface area contributed by atoms with E-state index in [0.717, 1.165) is 11.1 Å². The fourth-order valence-electron chi connectivity index (χ4n) is 3.94. The molecule has 31 heavy (non-hydrogen) atoms. The lowest BCUT2D eigenvalue weighted by atomic mass is 9.98. The Morgan fingerprint density at radius 1 is 0.774 bits per heavy atom. The molecule has 2 aromatic rings. The summed E-state index contributed by atoms with van der Waals surface area (Å²) in [5, 5.41) is 0. The van der Waals surface area contributed by atoms with Gasteiger partial charge < -0.3 is 0 Å². The zero-order chi connectivity index (χ0) is 22.2. The molecule has 4 rings (SSSR count). The molecule has 1 saturated heterocycles. The van der Waals surface area contributed by atoms with E-state index in [1.54, 1.807) is 6.08 Å². The van der Waals surface area contributed by atoms with E-state index in [0.29, 0.717) is 23.3 Å². The predicted molar refractivity (Wildman–Crippen MR) is 118 cm³/mol. The Bertz CT molecular complexity index is 1240. The molecule has 164 valence electrons. The van der Waals surface area contributed by atoms with Crippen molar-refractivity contribution >= 4 is 31.9 Å². The van der Waals surface area contributed by atoms with E-state index in [2.05, 4.69) is 0 Å². The number of rotatable bonds is 5. The van der Waals surface area contributed by atoms with Crippen molar-refractivity contribution in [2.45, 2.75) is 24.7 Å². The molecule has 0 unspecified atom stereocenters. The summed E-state index contributed by atoms with van der Waals surface area (Å²) >= 11 is 0. The number of carbonyl (C=O) groups excluding carboxylic acids is 1. The van der Waals surface area contributed by atoms with E-state index in [4.69, 9.17) is 0 Å². The van der Waals surface area contributed by atoms with Crippen LogP contribution in [0.5, 0.6) is 0 Å². The lowest BCUT2D eigenvalue weighted by molar-refractivity contribution is 0.101. The minimum Gasteiger partial charge on any atom is -0.295 e. The Labute approximate surface area is 183 Å². The van der Waals surface area contributed by atoms with Crippen molar-refractivity contribution in [3.8, 4) is 0 Å². The van der Waals surface area contributed by atoms with E-state index in [1.807, 2.05) is 24.3 Å². The van der Waals surface area contributed by atoms with Crippen LogP contribution in [-0.4, -0.2) is 57.4 Å². The van der Waals surface area contributed by atoms with Gasteiger partial charge in [0.1, 0.15) is 0 Å². The summed E-state index contributed by atoms with van der Waals surface area (Å²) in [6.45, 7) is 1.79. The molecule has 0 saturated carbocycles. The molecule has 0 amide bonds. The summed E-state index contributed by atoms with van der Waals surface area (Å²) in [5.74, 6) is -0.137. The number of benzene rings is 2. The lowest BCUT2D eigenvalue weighted by Gasteiger charge is -2.34. The first kappa shape index (κ1) is 21.9. The van der Waals surface area contributed by atoms with Crippen LogP contribution in [0.15, 0.2) is 58.3 Å². The fraction of sp³-hybridized carbons (Fsp3) is 0.318. The van der Waals surface area contributed by atoms with Gasteiger partial charge in [-0.25, -0.2) is 16.8 Å². The van der Waals surface area contributed by atoms with Crippen LogP contribution in [0.2, 0.25) is 0 Å². The smallest absolute Gasteiger partial charge is 0.243 e. The van der Waals surface area contributed by atoms with E-state index in [1.165, 1.54) is 39.8 Å². The number of ketones is 1. The largest absolute Gasteiger partial charge is 0.295 e. The Hall–Kier alpha value is -2.33. The summed E-state index contributed by atoms with van der Waals surface area (Å²) < 4.78 is 54.8. The maximum atomic E-state index is 13.1. The van der Waals surface area contributed by atoms with Crippen LogP contribution in [0, 0.1) is 0 Å². The number of sulfonamides is 2. The normalized spacial score (nSPS) is 18.3. The Balaban J connectivity index is 1.48. The van der Waals surface area contributed by atoms with Crippen LogP contribution in [0.4, 0.5) is 0 Å². The summed E-state index contributed by atoms with van der Waals surface area (Å²) in [7, 11) is -7.39. The van der Waals surface area contributed by atoms with Crippen LogP contribution < -0.4 is 0 Å². The Morgan fingerprint density at radius 2 is 1.35 bits per heavy atom. The highest BCUT2D eigenvalue weighted by atomic mass is 32.2. The number of allylic oxidation sites excluding steroid dienone is 1. The highest BCUT2D eigenvalue weighted by Gasteiger charge is 2.35. The second kappa shape index (κ2) is 8.31. The number of hydrogen-bond donors (Lipinski definition) is 0. The van der Waals surface area contributed by atoms with Gasteiger partial charge in [-0.05, 0) is 49.1 Å². The van der Waals surface area contributed by atoms with Gasteiger partial charge in [-0.3, -0.25) is 4.79 Å². The van der Waals surface area contributed by atoms with Gasteiger partial charge in [-0.15, -0.1) is 0 Å². The maximum absolute atomic E-state index is 13.1. The first-order chi connectivity index (χ1) is 14.7. The minimum absolute atomic E-state index is 0.0832. The molecule has 1 fully saturated rings. The Kier molecular flexibility index (Phi) is 5.87. The number of aryl methyl sites for hydroxylation is 1. The Morgan fingerprint density at radius 3 is 1.97 bits per heavy atom. The lowest BCUT2D eigenvalue weighted by Crippen LogP contribution is -2.50. The quantitative estimate of drug-likeness (QED) is 0.640. The third-order valence-corrected chi connectivity index (χ3v) is 9.72. The number of hydrogen-bond acceptors (Lipinski definition) is 5. The van der Waals surface area contributed by atoms with Crippen molar-refractivity contribution in [2.24, 2.45) is 0 Å². The average molecular weight is 461 g/mol. The molecular formula is C22H24N2O5S2. The van der Waals surface area contributed by atoms with Gasteiger partial charge in [0.2, 0.25) is 20.0 Å². The molecule has 1 aliphatic heterocycles. The number of carbonyl (C=O) groups is 1. The minimum atomic E-state index is -3.75. The van der Waals surface area contributed by atoms with Crippen LogP contribution in [0.1, 0.15) is 34.8 Å². The third-order valence-electron chi connectivity index (χ3n) is 5.78. The topological polar surface area (TPSA) is 91.8 Å². The van der Waals surface area contributed by atoms with Gasteiger partial charge in [0.15, 0.2) is 5.78 Å². The summed E-state index contributed by atoms with van der Waals surface area (Å²) in [5.41, 5.74) is 2.49. The molecule has 0 atom stereocenters. The molecule has 1 heterocycles. The van der Waals surface area contributed by atoms with Crippen molar-refractivity contribution in [1.82, 2.24) is 8.61 Å². The van der Waals surface area contributed by atoms with E-state index < -0.39 is 20.0 Å².